The van der Waals surface area contributed by atoms with Crippen LogP contribution in [-0.2, 0) is 12.8 Å². The molecular formula is C17H15N5O2S. The Morgan fingerprint density at radius 1 is 1.04 bits per heavy atom. The van der Waals surface area contributed by atoms with E-state index in [9.17, 15) is 0 Å². The Morgan fingerprint density at radius 2 is 1.92 bits per heavy atom. The number of rotatable bonds is 5. The first-order valence-electron chi connectivity index (χ1n) is 7.67. The van der Waals surface area contributed by atoms with Crippen molar-refractivity contribution in [1.29, 1.82) is 0 Å². The molecule has 0 spiro atoms. The SMILES string of the molecule is Cc1ccccc1-c1nnc(SCc2nnc(-c3ccco3)o2)n1C. The minimum absolute atomic E-state index is 0.374. The zero-order valence-electron chi connectivity index (χ0n) is 13.7. The van der Waals surface area contributed by atoms with Gasteiger partial charge in [0.15, 0.2) is 16.7 Å². The highest BCUT2D eigenvalue weighted by atomic mass is 32.2. The Bertz CT molecular complexity index is 990. The summed E-state index contributed by atoms with van der Waals surface area (Å²) < 4.78 is 12.8. The van der Waals surface area contributed by atoms with Crippen LogP contribution >= 0.6 is 11.8 Å². The summed E-state index contributed by atoms with van der Waals surface area (Å²) in [6, 6.07) is 11.7. The number of aryl methyl sites for hydroxylation is 1. The molecule has 3 heterocycles. The molecule has 0 atom stereocenters. The van der Waals surface area contributed by atoms with E-state index in [0.29, 0.717) is 23.3 Å². The highest BCUT2D eigenvalue weighted by Gasteiger charge is 2.15. The van der Waals surface area contributed by atoms with E-state index in [-0.39, 0.29) is 0 Å². The average Bonchev–Trinajstić information content (AvgIpc) is 3.35. The molecule has 0 fully saturated rings. The molecule has 0 bridgehead atoms. The molecule has 0 aliphatic rings. The van der Waals surface area contributed by atoms with Gasteiger partial charge in [0.25, 0.3) is 5.89 Å². The van der Waals surface area contributed by atoms with Crippen molar-refractivity contribution < 1.29 is 8.83 Å². The molecule has 0 aliphatic heterocycles. The monoisotopic (exact) mass is 353 g/mol. The smallest absolute Gasteiger partial charge is 0.283 e. The lowest BCUT2D eigenvalue weighted by Crippen LogP contribution is -1.96. The van der Waals surface area contributed by atoms with Gasteiger partial charge in [-0.25, -0.2) is 0 Å². The fourth-order valence-electron chi connectivity index (χ4n) is 2.44. The number of hydrogen-bond acceptors (Lipinski definition) is 7. The molecule has 0 saturated heterocycles. The van der Waals surface area contributed by atoms with E-state index in [4.69, 9.17) is 8.83 Å². The molecule has 3 aromatic heterocycles. The predicted molar refractivity (Wildman–Crippen MR) is 92.7 cm³/mol. The Morgan fingerprint density at radius 3 is 2.72 bits per heavy atom. The van der Waals surface area contributed by atoms with Crippen molar-refractivity contribution in [1.82, 2.24) is 25.0 Å². The molecule has 0 saturated carbocycles. The van der Waals surface area contributed by atoms with Crippen LogP contribution in [0.5, 0.6) is 0 Å². The Kier molecular flexibility index (Phi) is 4.10. The lowest BCUT2D eigenvalue weighted by Gasteiger charge is -2.05. The summed E-state index contributed by atoms with van der Waals surface area (Å²) in [5.74, 6) is 2.79. The second kappa shape index (κ2) is 6.56. The molecule has 8 heteroatoms. The van der Waals surface area contributed by atoms with Gasteiger partial charge in [-0.05, 0) is 24.6 Å². The van der Waals surface area contributed by atoms with Crippen molar-refractivity contribution in [3.63, 3.8) is 0 Å². The Labute approximate surface area is 148 Å². The summed E-state index contributed by atoms with van der Waals surface area (Å²) in [5, 5.41) is 17.4. The average molecular weight is 353 g/mol. The van der Waals surface area contributed by atoms with Gasteiger partial charge in [0.1, 0.15) is 0 Å². The normalized spacial score (nSPS) is 11.1. The highest BCUT2D eigenvalue weighted by Crippen LogP contribution is 2.27. The van der Waals surface area contributed by atoms with Crippen molar-refractivity contribution in [2.75, 3.05) is 0 Å². The lowest BCUT2D eigenvalue weighted by atomic mass is 10.1. The molecule has 7 nitrogen and oxygen atoms in total. The quantitative estimate of drug-likeness (QED) is 0.506. The predicted octanol–water partition coefficient (Wildman–Crippen LogP) is 3.73. The van der Waals surface area contributed by atoms with E-state index in [1.165, 1.54) is 11.8 Å². The maximum atomic E-state index is 5.61. The second-order valence-corrected chi connectivity index (χ2v) is 6.39. The Hall–Kier alpha value is -2.87. The lowest BCUT2D eigenvalue weighted by molar-refractivity contribution is 0.494. The van der Waals surface area contributed by atoms with Gasteiger partial charge in [-0.15, -0.1) is 20.4 Å². The second-order valence-electron chi connectivity index (χ2n) is 5.45. The van der Waals surface area contributed by atoms with E-state index in [1.54, 1.807) is 18.4 Å². The van der Waals surface area contributed by atoms with Crippen LogP contribution < -0.4 is 0 Å². The Balaban J connectivity index is 1.50. The molecule has 0 amide bonds. The van der Waals surface area contributed by atoms with E-state index < -0.39 is 0 Å². The van der Waals surface area contributed by atoms with Crippen LogP contribution in [0.15, 0.2) is 56.7 Å². The standard InChI is InChI=1S/C17H15N5O2S/c1-11-6-3-4-7-12(11)15-19-21-17(22(15)2)25-10-14-18-20-16(24-14)13-8-5-9-23-13/h3-9H,10H2,1-2H3. The number of furan rings is 1. The fourth-order valence-corrected chi connectivity index (χ4v) is 3.18. The van der Waals surface area contributed by atoms with Crippen molar-refractivity contribution in [3.8, 4) is 23.0 Å². The van der Waals surface area contributed by atoms with Gasteiger partial charge in [-0.1, -0.05) is 36.0 Å². The first-order chi connectivity index (χ1) is 12.2. The van der Waals surface area contributed by atoms with Crippen molar-refractivity contribution in [2.45, 2.75) is 17.8 Å². The van der Waals surface area contributed by atoms with Gasteiger partial charge in [0, 0.05) is 12.6 Å². The molecule has 25 heavy (non-hydrogen) atoms. The summed E-state index contributed by atoms with van der Waals surface area (Å²) >= 11 is 1.49. The number of aromatic nitrogens is 5. The van der Waals surface area contributed by atoms with Gasteiger partial charge in [0.2, 0.25) is 5.89 Å². The van der Waals surface area contributed by atoms with Gasteiger partial charge in [-0.3, -0.25) is 0 Å². The maximum absolute atomic E-state index is 5.61. The molecule has 0 unspecified atom stereocenters. The number of nitrogens with zero attached hydrogens (tertiary/aromatic N) is 5. The van der Waals surface area contributed by atoms with Crippen LogP contribution in [0, 0.1) is 6.92 Å². The summed E-state index contributed by atoms with van der Waals surface area (Å²) in [7, 11) is 1.95. The number of benzene rings is 1. The zero-order valence-corrected chi connectivity index (χ0v) is 14.5. The number of thioether (sulfide) groups is 1. The first-order valence-corrected chi connectivity index (χ1v) is 8.65. The summed E-state index contributed by atoms with van der Waals surface area (Å²) in [5.41, 5.74) is 2.23. The molecule has 1 aromatic carbocycles. The van der Waals surface area contributed by atoms with E-state index >= 15 is 0 Å². The molecule has 0 N–H and O–H groups in total. The van der Waals surface area contributed by atoms with Gasteiger partial charge in [0.05, 0.1) is 12.0 Å². The minimum Gasteiger partial charge on any atom is -0.459 e. The van der Waals surface area contributed by atoms with E-state index in [1.807, 2.05) is 29.8 Å². The maximum Gasteiger partial charge on any atom is 0.283 e. The molecule has 4 aromatic rings. The highest BCUT2D eigenvalue weighted by molar-refractivity contribution is 7.98. The molecular weight excluding hydrogens is 338 g/mol. The summed E-state index contributed by atoms with van der Waals surface area (Å²) in [6.45, 7) is 2.06. The van der Waals surface area contributed by atoms with Crippen LogP contribution in [0.2, 0.25) is 0 Å². The van der Waals surface area contributed by atoms with Crippen LogP contribution in [0.1, 0.15) is 11.5 Å². The van der Waals surface area contributed by atoms with Crippen LogP contribution in [0.3, 0.4) is 0 Å². The van der Waals surface area contributed by atoms with Gasteiger partial charge in [-0.2, -0.15) is 0 Å². The molecule has 4 rings (SSSR count). The van der Waals surface area contributed by atoms with Crippen LogP contribution in [0.25, 0.3) is 23.0 Å². The van der Waals surface area contributed by atoms with Crippen molar-refractivity contribution in [2.24, 2.45) is 7.05 Å². The molecule has 0 aliphatic carbocycles. The third kappa shape index (κ3) is 3.08. The van der Waals surface area contributed by atoms with Crippen molar-refractivity contribution >= 4 is 11.8 Å². The van der Waals surface area contributed by atoms with Crippen LogP contribution in [-0.4, -0.2) is 25.0 Å². The molecule has 0 radical (unpaired) electrons. The number of hydrogen-bond donors (Lipinski definition) is 0. The third-order valence-corrected chi connectivity index (χ3v) is 4.75. The summed E-state index contributed by atoms with van der Waals surface area (Å²) in [4.78, 5) is 0. The van der Waals surface area contributed by atoms with Crippen LogP contribution in [0.4, 0.5) is 0 Å². The molecule has 126 valence electrons. The first kappa shape index (κ1) is 15.6. The zero-order chi connectivity index (χ0) is 17.2. The third-order valence-electron chi connectivity index (χ3n) is 3.74. The van der Waals surface area contributed by atoms with Crippen molar-refractivity contribution in [3.05, 3.63) is 54.1 Å². The minimum atomic E-state index is 0.374. The summed E-state index contributed by atoms with van der Waals surface area (Å²) in [6.07, 6.45) is 1.57. The topological polar surface area (TPSA) is 82.8 Å². The fraction of sp³-hybridized carbons (Fsp3) is 0.176. The van der Waals surface area contributed by atoms with Gasteiger partial charge < -0.3 is 13.4 Å². The largest absolute Gasteiger partial charge is 0.459 e. The van der Waals surface area contributed by atoms with Gasteiger partial charge >= 0.3 is 0 Å². The van der Waals surface area contributed by atoms with E-state index in [0.717, 1.165) is 22.1 Å². The van der Waals surface area contributed by atoms with E-state index in [2.05, 4.69) is 33.4 Å².